The van der Waals surface area contributed by atoms with Crippen LogP contribution < -0.4 is 10.1 Å². The number of carbonyl (C=O) groups excluding carboxylic acids is 2. The van der Waals surface area contributed by atoms with Crippen LogP contribution in [0.4, 0.5) is 0 Å². The van der Waals surface area contributed by atoms with Crippen molar-refractivity contribution in [2.45, 2.75) is 52.2 Å². The summed E-state index contributed by atoms with van der Waals surface area (Å²) in [5.41, 5.74) is 1.46. The summed E-state index contributed by atoms with van der Waals surface area (Å²) in [5, 5.41) is 4.15. The van der Waals surface area contributed by atoms with Crippen LogP contribution in [0.15, 0.2) is 54.6 Å². The molecule has 1 fully saturated rings. The van der Waals surface area contributed by atoms with E-state index >= 15 is 0 Å². The van der Waals surface area contributed by atoms with Crippen molar-refractivity contribution in [2.24, 2.45) is 11.8 Å². The van der Waals surface area contributed by atoms with E-state index in [0.717, 1.165) is 60.1 Å². The second kappa shape index (κ2) is 10.8. The lowest BCUT2D eigenvalue weighted by Crippen LogP contribution is -2.63. The van der Waals surface area contributed by atoms with E-state index in [1.165, 1.54) is 6.42 Å². The lowest BCUT2D eigenvalue weighted by atomic mass is 9.92. The highest BCUT2D eigenvalue weighted by Crippen LogP contribution is 2.34. The van der Waals surface area contributed by atoms with Crippen LogP contribution in [0.3, 0.4) is 0 Å². The second-order valence-corrected chi connectivity index (χ2v) is 11.5. The third kappa shape index (κ3) is 5.17. The molecule has 7 heteroatoms. The number of piperidine rings is 1. The number of rotatable bonds is 8. The Morgan fingerprint density at radius 3 is 2.53 bits per heavy atom. The second-order valence-electron chi connectivity index (χ2n) is 11.5. The zero-order valence-electron chi connectivity index (χ0n) is 23.1. The number of nitrogens with zero attached hydrogens (tertiary/aromatic N) is 3. The van der Waals surface area contributed by atoms with E-state index in [-0.39, 0.29) is 11.8 Å². The smallest absolute Gasteiger partial charge is 0.271 e. The van der Waals surface area contributed by atoms with Gasteiger partial charge in [-0.15, -0.1) is 0 Å². The molecule has 2 aromatic carbocycles. The van der Waals surface area contributed by atoms with Gasteiger partial charge in [-0.05, 0) is 61.9 Å². The Labute approximate surface area is 225 Å². The summed E-state index contributed by atoms with van der Waals surface area (Å²) >= 11 is 0. The molecule has 3 unspecified atom stereocenters. The minimum absolute atomic E-state index is 0.113. The van der Waals surface area contributed by atoms with Crippen LogP contribution >= 0.6 is 0 Å². The van der Waals surface area contributed by atoms with Gasteiger partial charge in [0.05, 0.1) is 19.2 Å². The lowest BCUT2D eigenvalue weighted by molar-refractivity contribution is -0.133. The number of methoxy groups -OCH3 is 1. The molecule has 202 valence electrons. The van der Waals surface area contributed by atoms with Crippen LogP contribution in [0.5, 0.6) is 5.75 Å². The van der Waals surface area contributed by atoms with Crippen LogP contribution in [-0.2, 0) is 17.9 Å². The fourth-order valence-corrected chi connectivity index (χ4v) is 6.34. The number of amides is 2. The highest BCUT2D eigenvalue weighted by atomic mass is 16.5. The molecule has 1 N–H and O–H groups in total. The summed E-state index contributed by atoms with van der Waals surface area (Å²) in [4.78, 5) is 32.1. The van der Waals surface area contributed by atoms with E-state index in [2.05, 4.69) is 24.1 Å². The van der Waals surface area contributed by atoms with Crippen LogP contribution in [-0.4, -0.2) is 65.0 Å². The molecule has 0 spiro atoms. The van der Waals surface area contributed by atoms with Crippen LogP contribution in [0.2, 0.25) is 0 Å². The largest absolute Gasteiger partial charge is 0.497 e. The van der Waals surface area contributed by atoms with Crippen molar-refractivity contribution in [1.82, 2.24) is 19.7 Å². The molecular weight excluding hydrogens is 476 g/mol. The predicted molar refractivity (Wildman–Crippen MR) is 150 cm³/mol. The normalized spacial score (nSPS) is 23.9. The molecule has 2 aliphatic rings. The number of hydrogen-bond donors (Lipinski definition) is 1. The van der Waals surface area contributed by atoms with Gasteiger partial charge >= 0.3 is 0 Å². The number of nitrogens with one attached hydrogen (secondary N) is 1. The van der Waals surface area contributed by atoms with E-state index < -0.39 is 5.54 Å². The Hall–Kier alpha value is -3.32. The number of carbonyl (C=O) groups is 2. The molecule has 2 amide bonds. The minimum Gasteiger partial charge on any atom is -0.497 e. The third-order valence-corrected chi connectivity index (χ3v) is 8.19. The highest BCUT2D eigenvalue weighted by Gasteiger charge is 2.47. The first kappa shape index (κ1) is 26.3. The van der Waals surface area contributed by atoms with Crippen LogP contribution in [0, 0.1) is 11.8 Å². The van der Waals surface area contributed by atoms with E-state index in [9.17, 15) is 9.59 Å². The lowest BCUT2D eigenvalue weighted by Gasteiger charge is -2.44. The molecule has 1 saturated heterocycles. The fourth-order valence-electron chi connectivity index (χ4n) is 6.34. The zero-order valence-corrected chi connectivity index (χ0v) is 23.1. The topological polar surface area (TPSA) is 66.8 Å². The number of benzene rings is 2. The minimum atomic E-state index is -1.04. The maximum atomic E-state index is 14.0. The molecule has 5 rings (SSSR count). The van der Waals surface area contributed by atoms with Gasteiger partial charge in [0.1, 0.15) is 17.0 Å². The molecule has 1 aromatic heterocycles. The van der Waals surface area contributed by atoms with Crippen LogP contribution in [0.1, 0.15) is 49.7 Å². The number of hydrogen-bond acceptors (Lipinski definition) is 4. The molecule has 7 nitrogen and oxygen atoms in total. The zero-order chi connectivity index (χ0) is 26.9. The van der Waals surface area contributed by atoms with Gasteiger partial charge in [0, 0.05) is 37.6 Å². The molecule has 3 atom stereocenters. The molecule has 0 radical (unpaired) electrons. The van der Waals surface area contributed by atoms with Crippen molar-refractivity contribution in [3.05, 3.63) is 65.9 Å². The summed E-state index contributed by atoms with van der Waals surface area (Å²) < 4.78 is 7.43. The van der Waals surface area contributed by atoms with Gasteiger partial charge in [-0.25, -0.2) is 0 Å². The summed E-state index contributed by atoms with van der Waals surface area (Å²) in [6, 6.07) is 17.6. The first-order valence-electron chi connectivity index (χ1n) is 13.8. The van der Waals surface area contributed by atoms with Gasteiger partial charge in [0.2, 0.25) is 5.91 Å². The molecule has 3 aromatic rings. The van der Waals surface area contributed by atoms with Gasteiger partial charge in [0.15, 0.2) is 0 Å². The van der Waals surface area contributed by atoms with E-state index in [1.807, 2.05) is 66.1 Å². The number of aromatic nitrogens is 1. The molecule has 2 aliphatic heterocycles. The average Bonchev–Trinajstić information content (AvgIpc) is 3.26. The van der Waals surface area contributed by atoms with Crippen molar-refractivity contribution in [3.8, 4) is 5.75 Å². The van der Waals surface area contributed by atoms with Crippen molar-refractivity contribution >= 4 is 22.7 Å². The van der Waals surface area contributed by atoms with Crippen molar-refractivity contribution in [3.63, 3.8) is 0 Å². The Morgan fingerprint density at radius 2 is 1.82 bits per heavy atom. The third-order valence-electron chi connectivity index (χ3n) is 8.19. The summed E-state index contributed by atoms with van der Waals surface area (Å²) in [6.45, 7) is 11.1. The van der Waals surface area contributed by atoms with Crippen molar-refractivity contribution < 1.29 is 14.3 Å². The number of ether oxygens (including phenoxy) is 1. The Kier molecular flexibility index (Phi) is 7.48. The standard InChI is InChI=1S/C31H40N4O3/c1-22-15-23(2)19-33(18-22)14-8-13-32-30(37)31(3)21-34-27-17-26(38-4)12-11-25(27)16-28(34)29(36)35(31)20-24-9-6-5-7-10-24/h5-7,9-12,16-17,22-23H,8,13-15,18-21H2,1-4H3,(H,32,37). The molecule has 0 aliphatic carbocycles. The van der Waals surface area contributed by atoms with Gasteiger partial charge < -0.3 is 24.4 Å². The van der Waals surface area contributed by atoms with E-state index in [1.54, 1.807) is 12.0 Å². The summed E-state index contributed by atoms with van der Waals surface area (Å²) in [5.74, 6) is 1.92. The maximum absolute atomic E-state index is 14.0. The summed E-state index contributed by atoms with van der Waals surface area (Å²) in [6.07, 6.45) is 2.18. The van der Waals surface area contributed by atoms with E-state index in [4.69, 9.17) is 4.74 Å². The Bertz CT molecular complexity index is 1290. The average molecular weight is 517 g/mol. The van der Waals surface area contributed by atoms with Crippen molar-refractivity contribution in [1.29, 1.82) is 0 Å². The predicted octanol–water partition coefficient (Wildman–Crippen LogP) is 4.55. The number of fused-ring (bicyclic) bond motifs is 3. The molecule has 0 saturated carbocycles. The molecule has 0 bridgehead atoms. The fraction of sp³-hybridized carbons (Fsp3) is 0.484. The van der Waals surface area contributed by atoms with Gasteiger partial charge in [-0.3, -0.25) is 9.59 Å². The summed E-state index contributed by atoms with van der Waals surface area (Å²) in [7, 11) is 1.64. The van der Waals surface area contributed by atoms with Gasteiger partial charge in [0.25, 0.3) is 5.91 Å². The van der Waals surface area contributed by atoms with Gasteiger partial charge in [-0.1, -0.05) is 44.2 Å². The first-order valence-corrected chi connectivity index (χ1v) is 13.8. The first-order chi connectivity index (χ1) is 18.3. The Morgan fingerprint density at radius 1 is 1.08 bits per heavy atom. The van der Waals surface area contributed by atoms with Crippen molar-refractivity contribution in [2.75, 3.05) is 33.3 Å². The number of likely N-dealkylation sites (tertiary alicyclic amines) is 1. The SMILES string of the molecule is COc1ccc2cc3n(c2c1)CC(C)(C(=O)NCCCN1CC(C)CC(C)C1)N(Cc1ccccc1)C3=O. The van der Waals surface area contributed by atoms with E-state index in [0.29, 0.717) is 25.3 Å². The monoisotopic (exact) mass is 516 g/mol. The van der Waals surface area contributed by atoms with Crippen LogP contribution in [0.25, 0.3) is 10.9 Å². The Balaban J connectivity index is 1.37. The highest BCUT2D eigenvalue weighted by molar-refractivity contribution is 6.03. The molecular formula is C31H40N4O3. The molecule has 3 heterocycles. The van der Waals surface area contributed by atoms with Gasteiger partial charge in [-0.2, -0.15) is 0 Å². The quantitative estimate of drug-likeness (QED) is 0.446. The molecule has 38 heavy (non-hydrogen) atoms. The maximum Gasteiger partial charge on any atom is 0.271 e.